The monoisotopic (exact) mass is 346 g/mol. The molecule has 1 saturated carbocycles. The highest BCUT2D eigenvalue weighted by molar-refractivity contribution is 7.18. The highest BCUT2D eigenvalue weighted by Gasteiger charge is 2.30. The second-order valence-electron chi connectivity index (χ2n) is 6.13. The first-order valence-corrected chi connectivity index (χ1v) is 8.73. The van der Waals surface area contributed by atoms with Gasteiger partial charge in [0.2, 0.25) is 5.91 Å². The Morgan fingerprint density at radius 1 is 1.25 bits per heavy atom. The largest absolute Gasteiger partial charge is 0.345 e. The molecule has 24 heavy (non-hydrogen) atoms. The number of thiophene rings is 1. The summed E-state index contributed by atoms with van der Waals surface area (Å²) in [5, 5.41) is 6.48. The van der Waals surface area contributed by atoms with E-state index >= 15 is 0 Å². The van der Waals surface area contributed by atoms with Crippen LogP contribution in [0.4, 0.5) is 9.39 Å². The van der Waals surface area contributed by atoms with Crippen molar-refractivity contribution in [1.82, 2.24) is 5.32 Å². The highest BCUT2D eigenvalue weighted by Crippen LogP contribution is 2.33. The maximum Gasteiger partial charge on any atom is 0.262 e. The van der Waals surface area contributed by atoms with Gasteiger partial charge >= 0.3 is 0 Å². The van der Waals surface area contributed by atoms with Crippen LogP contribution in [0.5, 0.6) is 0 Å². The molecule has 1 atom stereocenters. The van der Waals surface area contributed by atoms with Gasteiger partial charge in [0, 0.05) is 5.92 Å². The molecule has 2 aromatic rings. The first kappa shape index (κ1) is 16.6. The normalized spacial score (nSPS) is 15.0. The first-order chi connectivity index (χ1) is 11.4. The first-order valence-electron chi connectivity index (χ1n) is 7.91. The number of amides is 2. The van der Waals surface area contributed by atoms with Crippen molar-refractivity contribution >= 4 is 28.2 Å². The van der Waals surface area contributed by atoms with Crippen molar-refractivity contribution in [3.8, 4) is 0 Å². The molecule has 0 saturated heterocycles. The molecule has 126 valence electrons. The zero-order valence-electron chi connectivity index (χ0n) is 13.6. The molecule has 2 N–H and O–H groups in total. The summed E-state index contributed by atoms with van der Waals surface area (Å²) in [6.45, 7) is 3.70. The maximum atomic E-state index is 13.0. The molecule has 0 spiro atoms. The number of anilines is 1. The number of rotatable bonds is 5. The molecule has 1 aromatic heterocycles. The standard InChI is InChI=1S/C18H19FN2O2S/c1-10-9-15(21-17(22)13-3-4-13)24-16(10)18(23)20-11(2)12-5-7-14(19)8-6-12/h5-9,11,13H,3-4H2,1-2H3,(H,20,23)(H,21,22). The Balaban J connectivity index is 1.66. The lowest BCUT2D eigenvalue weighted by molar-refractivity contribution is -0.117. The summed E-state index contributed by atoms with van der Waals surface area (Å²) < 4.78 is 13.0. The van der Waals surface area contributed by atoms with E-state index in [2.05, 4.69) is 10.6 Å². The Morgan fingerprint density at radius 2 is 1.92 bits per heavy atom. The molecular weight excluding hydrogens is 327 g/mol. The molecular formula is C18H19FN2O2S. The number of aryl methyl sites for hydroxylation is 1. The van der Waals surface area contributed by atoms with Crippen molar-refractivity contribution in [3.63, 3.8) is 0 Å². The molecule has 1 aliphatic rings. The van der Waals surface area contributed by atoms with E-state index in [1.165, 1.54) is 23.5 Å². The lowest BCUT2D eigenvalue weighted by Crippen LogP contribution is -2.26. The third kappa shape index (κ3) is 3.82. The fraction of sp³-hybridized carbons (Fsp3) is 0.333. The lowest BCUT2D eigenvalue weighted by Gasteiger charge is -2.14. The number of nitrogens with one attached hydrogen (secondary N) is 2. The Kier molecular flexibility index (Phi) is 4.66. The summed E-state index contributed by atoms with van der Waals surface area (Å²) in [6, 6.07) is 7.65. The predicted octanol–water partition coefficient (Wildman–Crippen LogP) is 4.04. The van der Waals surface area contributed by atoms with Crippen LogP contribution in [0.3, 0.4) is 0 Å². The number of hydrogen-bond acceptors (Lipinski definition) is 3. The van der Waals surface area contributed by atoms with Crippen LogP contribution in [-0.4, -0.2) is 11.8 Å². The molecule has 0 bridgehead atoms. The van der Waals surface area contributed by atoms with Gasteiger partial charge in [-0.1, -0.05) is 12.1 Å². The van der Waals surface area contributed by atoms with Crippen molar-refractivity contribution in [2.75, 3.05) is 5.32 Å². The molecule has 1 aromatic carbocycles. The molecule has 2 amide bonds. The predicted molar refractivity (Wildman–Crippen MR) is 92.7 cm³/mol. The third-order valence-corrected chi connectivity index (χ3v) is 5.19. The number of hydrogen-bond donors (Lipinski definition) is 2. The zero-order chi connectivity index (χ0) is 17.3. The Bertz CT molecular complexity index is 766. The fourth-order valence-electron chi connectivity index (χ4n) is 2.44. The molecule has 6 heteroatoms. The molecule has 1 heterocycles. The highest BCUT2D eigenvalue weighted by atomic mass is 32.1. The molecule has 0 aliphatic heterocycles. The van der Waals surface area contributed by atoms with Gasteiger partial charge in [0.25, 0.3) is 5.91 Å². The van der Waals surface area contributed by atoms with Crippen molar-refractivity contribution in [2.24, 2.45) is 5.92 Å². The minimum atomic E-state index is -0.303. The second kappa shape index (κ2) is 6.73. The van der Waals surface area contributed by atoms with Crippen molar-refractivity contribution in [3.05, 3.63) is 52.2 Å². The average Bonchev–Trinajstić information content (AvgIpc) is 3.32. The van der Waals surface area contributed by atoms with Gasteiger partial charge in [-0.3, -0.25) is 9.59 Å². The van der Waals surface area contributed by atoms with Gasteiger partial charge in [0.05, 0.1) is 15.9 Å². The Hall–Kier alpha value is -2.21. The van der Waals surface area contributed by atoms with Gasteiger partial charge < -0.3 is 10.6 Å². The smallest absolute Gasteiger partial charge is 0.262 e. The van der Waals surface area contributed by atoms with E-state index in [4.69, 9.17) is 0 Å². The van der Waals surface area contributed by atoms with Gasteiger partial charge in [-0.05, 0) is 56.0 Å². The van der Waals surface area contributed by atoms with Crippen LogP contribution in [0, 0.1) is 18.7 Å². The van der Waals surface area contributed by atoms with Crippen LogP contribution in [0.25, 0.3) is 0 Å². The van der Waals surface area contributed by atoms with E-state index in [0.29, 0.717) is 9.88 Å². The van der Waals surface area contributed by atoms with Gasteiger partial charge in [-0.15, -0.1) is 11.3 Å². The van der Waals surface area contributed by atoms with Crippen LogP contribution in [0.15, 0.2) is 30.3 Å². The number of benzene rings is 1. The second-order valence-corrected chi connectivity index (χ2v) is 7.19. The number of halogens is 1. The summed E-state index contributed by atoms with van der Waals surface area (Å²) in [6.07, 6.45) is 1.89. The third-order valence-electron chi connectivity index (χ3n) is 4.04. The van der Waals surface area contributed by atoms with E-state index in [9.17, 15) is 14.0 Å². The lowest BCUT2D eigenvalue weighted by atomic mass is 10.1. The van der Waals surface area contributed by atoms with E-state index in [0.717, 1.165) is 24.0 Å². The fourth-order valence-corrected chi connectivity index (χ4v) is 3.41. The maximum absolute atomic E-state index is 13.0. The van der Waals surface area contributed by atoms with Crippen molar-refractivity contribution < 1.29 is 14.0 Å². The van der Waals surface area contributed by atoms with Crippen LogP contribution in [-0.2, 0) is 4.79 Å². The summed E-state index contributed by atoms with van der Waals surface area (Å²) in [7, 11) is 0. The molecule has 1 unspecified atom stereocenters. The Labute approximate surface area is 144 Å². The Morgan fingerprint density at radius 3 is 2.54 bits per heavy atom. The van der Waals surface area contributed by atoms with Crippen LogP contribution < -0.4 is 10.6 Å². The minimum absolute atomic E-state index is 0.0305. The zero-order valence-corrected chi connectivity index (χ0v) is 14.4. The van der Waals surface area contributed by atoms with Crippen LogP contribution in [0.2, 0.25) is 0 Å². The van der Waals surface area contributed by atoms with E-state index < -0.39 is 0 Å². The molecule has 4 nitrogen and oxygen atoms in total. The van der Waals surface area contributed by atoms with Crippen LogP contribution >= 0.6 is 11.3 Å². The van der Waals surface area contributed by atoms with Gasteiger partial charge in [0.15, 0.2) is 0 Å². The topological polar surface area (TPSA) is 58.2 Å². The van der Waals surface area contributed by atoms with Crippen LogP contribution in [0.1, 0.15) is 46.6 Å². The van der Waals surface area contributed by atoms with Crippen molar-refractivity contribution in [2.45, 2.75) is 32.7 Å². The molecule has 1 aliphatic carbocycles. The molecule has 3 rings (SSSR count). The van der Waals surface area contributed by atoms with E-state index in [-0.39, 0.29) is 29.6 Å². The van der Waals surface area contributed by atoms with Gasteiger partial charge in [-0.2, -0.15) is 0 Å². The van der Waals surface area contributed by atoms with E-state index in [1.54, 1.807) is 12.1 Å². The van der Waals surface area contributed by atoms with Crippen molar-refractivity contribution in [1.29, 1.82) is 0 Å². The summed E-state index contributed by atoms with van der Waals surface area (Å²) in [5.74, 6) is -0.338. The SMILES string of the molecule is Cc1cc(NC(=O)C2CC2)sc1C(=O)NC(C)c1ccc(F)cc1. The average molecular weight is 346 g/mol. The molecule has 1 fully saturated rings. The number of carbonyl (C=O) groups is 2. The minimum Gasteiger partial charge on any atom is -0.345 e. The summed E-state index contributed by atoms with van der Waals surface area (Å²) in [4.78, 5) is 24.9. The summed E-state index contributed by atoms with van der Waals surface area (Å²) >= 11 is 1.28. The van der Waals surface area contributed by atoms with Gasteiger partial charge in [-0.25, -0.2) is 4.39 Å². The van der Waals surface area contributed by atoms with E-state index in [1.807, 2.05) is 19.9 Å². The summed E-state index contributed by atoms with van der Waals surface area (Å²) in [5.41, 5.74) is 1.66. The molecule has 0 radical (unpaired) electrons. The van der Waals surface area contributed by atoms with Gasteiger partial charge in [0.1, 0.15) is 5.82 Å². The number of carbonyl (C=O) groups excluding carboxylic acids is 2. The quantitative estimate of drug-likeness (QED) is 0.858.